The molecule has 0 unspecified atom stereocenters. The Morgan fingerprint density at radius 2 is 2.00 bits per heavy atom. The van der Waals surface area contributed by atoms with Crippen LogP contribution in [-0.4, -0.2) is 52.2 Å². The summed E-state index contributed by atoms with van der Waals surface area (Å²) in [7, 11) is 0. The van der Waals surface area contributed by atoms with E-state index >= 15 is 0 Å². The molecular weight excluding hydrogens is 332 g/mol. The van der Waals surface area contributed by atoms with Crippen molar-refractivity contribution in [2.45, 2.75) is 57.0 Å². The summed E-state index contributed by atoms with van der Waals surface area (Å²) < 4.78 is 0. The van der Waals surface area contributed by atoms with Gasteiger partial charge < -0.3 is 10.4 Å². The Labute approximate surface area is 153 Å². The highest BCUT2D eigenvalue weighted by Crippen LogP contribution is 2.33. The van der Waals surface area contributed by atoms with Crippen molar-refractivity contribution in [2.24, 2.45) is 5.92 Å². The third-order valence-corrected chi connectivity index (χ3v) is 5.71. The molecule has 7 heteroatoms. The van der Waals surface area contributed by atoms with Gasteiger partial charge in [0.25, 0.3) is 0 Å². The molecule has 7 nitrogen and oxygen atoms in total. The number of hydrogen-bond acceptors (Lipinski definition) is 4. The lowest BCUT2D eigenvalue weighted by molar-refractivity contribution is -0.139. The van der Waals surface area contributed by atoms with Gasteiger partial charge in [0.15, 0.2) is 0 Å². The van der Waals surface area contributed by atoms with Crippen LogP contribution in [0.3, 0.4) is 0 Å². The second kappa shape index (κ2) is 7.23. The quantitative estimate of drug-likeness (QED) is 0.693. The summed E-state index contributed by atoms with van der Waals surface area (Å²) >= 11 is 0. The summed E-state index contributed by atoms with van der Waals surface area (Å²) in [5, 5.41) is 14.9. The van der Waals surface area contributed by atoms with Gasteiger partial charge in [-0.25, -0.2) is 9.78 Å². The highest BCUT2D eigenvalue weighted by atomic mass is 16.4. The van der Waals surface area contributed by atoms with Gasteiger partial charge in [0, 0.05) is 24.8 Å². The topological polar surface area (TPSA) is 94.6 Å². The number of aryl methyl sites for hydroxylation is 2. The van der Waals surface area contributed by atoms with Crippen LogP contribution in [0.2, 0.25) is 0 Å². The van der Waals surface area contributed by atoms with E-state index in [0.29, 0.717) is 11.7 Å². The van der Waals surface area contributed by atoms with Crippen molar-refractivity contribution in [3.05, 3.63) is 23.4 Å². The molecule has 0 atom stereocenters. The summed E-state index contributed by atoms with van der Waals surface area (Å²) in [5.41, 5.74) is 2.57. The minimum Gasteiger partial charge on any atom is -0.480 e. The van der Waals surface area contributed by atoms with E-state index < -0.39 is 5.97 Å². The van der Waals surface area contributed by atoms with Crippen LogP contribution in [0.25, 0.3) is 0 Å². The normalized spacial score (nSPS) is 24.0. The minimum atomic E-state index is -0.775. The number of carbonyl (C=O) groups is 2. The average Bonchev–Trinajstić information content (AvgIpc) is 3.23. The molecule has 0 saturated heterocycles. The summed E-state index contributed by atoms with van der Waals surface area (Å²) in [6.07, 6.45) is 9.19. The first-order valence-corrected chi connectivity index (χ1v) is 9.58. The van der Waals surface area contributed by atoms with Crippen molar-refractivity contribution in [3.8, 4) is 0 Å². The van der Waals surface area contributed by atoms with Crippen LogP contribution in [0, 0.1) is 5.92 Å². The van der Waals surface area contributed by atoms with Crippen LogP contribution in [0.15, 0.2) is 12.3 Å². The van der Waals surface area contributed by atoms with E-state index in [-0.39, 0.29) is 24.7 Å². The van der Waals surface area contributed by atoms with Gasteiger partial charge in [-0.15, -0.1) is 0 Å². The van der Waals surface area contributed by atoms with E-state index in [1.807, 2.05) is 12.3 Å². The fourth-order valence-electron chi connectivity index (χ4n) is 4.01. The second-order valence-electron chi connectivity index (χ2n) is 7.88. The molecule has 3 N–H and O–H groups in total. The predicted octanol–water partition coefficient (Wildman–Crippen LogP) is 2.02. The Morgan fingerprint density at radius 1 is 1.23 bits per heavy atom. The van der Waals surface area contributed by atoms with Crippen molar-refractivity contribution >= 4 is 17.8 Å². The number of fused-ring (bicyclic) bond motifs is 1. The first-order chi connectivity index (χ1) is 12.6. The van der Waals surface area contributed by atoms with E-state index in [1.54, 1.807) is 0 Å². The number of rotatable bonds is 7. The smallest absolute Gasteiger partial charge is 0.320 e. The van der Waals surface area contributed by atoms with Crippen molar-refractivity contribution < 1.29 is 14.7 Å². The maximum Gasteiger partial charge on any atom is 0.320 e. The van der Waals surface area contributed by atoms with E-state index in [0.717, 1.165) is 38.6 Å². The number of aromatic nitrogens is 1. The molecule has 0 radical (unpaired) electrons. The summed E-state index contributed by atoms with van der Waals surface area (Å²) in [5.74, 6) is 0.485. The third-order valence-electron chi connectivity index (χ3n) is 5.71. The largest absolute Gasteiger partial charge is 0.480 e. The van der Waals surface area contributed by atoms with Crippen molar-refractivity contribution in [1.82, 2.24) is 15.2 Å². The number of aliphatic carboxylic acids is 1. The van der Waals surface area contributed by atoms with E-state index in [4.69, 9.17) is 5.11 Å². The molecule has 0 aromatic carbocycles. The third kappa shape index (κ3) is 4.15. The summed E-state index contributed by atoms with van der Waals surface area (Å²) in [6.45, 7) is 0.966. The van der Waals surface area contributed by atoms with Gasteiger partial charge in [0.1, 0.15) is 5.82 Å². The van der Waals surface area contributed by atoms with Gasteiger partial charge >= 0.3 is 12.0 Å². The fraction of sp³-hybridized carbons (Fsp3) is 0.632. The molecule has 0 spiro atoms. The lowest BCUT2D eigenvalue weighted by Crippen LogP contribution is -2.55. The van der Waals surface area contributed by atoms with Crippen molar-refractivity contribution in [3.63, 3.8) is 0 Å². The van der Waals surface area contributed by atoms with Crippen LogP contribution < -0.4 is 10.6 Å². The number of urea groups is 1. The summed E-state index contributed by atoms with van der Waals surface area (Å²) in [4.78, 5) is 29.6. The molecule has 2 saturated carbocycles. The van der Waals surface area contributed by atoms with Crippen LogP contribution in [-0.2, 0) is 17.6 Å². The Balaban J connectivity index is 1.24. The molecule has 0 aliphatic heterocycles. The molecule has 0 bridgehead atoms. The Kier molecular flexibility index (Phi) is 4.80. The number of hydrogen-bond donors (Lipinski definition) is 3. The van der Waals surface area contributed by atoms with Gasteiger partial charge in [-0.3, -0.25) is 15.0 Å². The summed E-state index contributed by atoms with van der Waals surface area (Å²) in [6, 6.07) is 2.10. The number of nitrogens with zero attached hydrogens (tertiary/aromatic N) is 2. The number of carboxylic acid groups (broad SMARTS) is 1. The number of pyridine rings is 1. The molecule has 2 amide bonds. The molecule has 4 rings (SSSR count). The molecule has 140 valence electrons. The standard InChI is InChI=1S/C19H26N4O3/c24-18(25)11-23(10-12-4-5-12)16-7-15(8-16)21-19(26)22-17-6-13-2-1-3-14(13)9-20-17/h6,9,12,15-16H,1-5,7-8,10-11H2,(H,24,25)(H2,20,21,22,26). The van der Waals surface area contributed by atoms with Gasteiger partial charge in [-0.2, -0.15) is 0 Å². The molecule has 1 aromatic rings. The lowest BCUT2D eigenvalue weighted by atomic mass is 9.85. The first kappa shape index (κ1) is 17.3. The van der Waals surface area contributed by atoms with E-state index in [9.17, 15) is 9.59 Å². The highest BCUT2D eigenvalue weighted by molar-refractivity contribution is 5.88. The number of carbonyl (C=O) groups excluding carboxylic acids is 1. The van der Waals surface area contributed by atoms with Crippen LogP contribution in [0.1, 0.15) is 43.2 Å². The van der Waals surface area contributed by atoms with E-state index in [2.05, 4.69) is 20.5 Å². The first-order valence-electron chi connectivity index (χ1n) is 9.58. The van der Waals surface area contributed by atoms with Crippen LogP contribution in [0.4, 0.5) is 10.6 Å². The lowest BCUT2D eigenvalue weighted by Gasteiger charge is -2.42. The number of nitrogens with one attached hydrogen (secondary N) is 2. The maximum atomic E-state index is 12.2. The monoisotopic (exact) mass is 358 g/mol. The molecule has 1 aromatic heterocycles. The number of carboxylic acids is 1. The van der Waals surface area contributed by atoms with Crippen LogP contribution in [0.5, 0.6) is 0 Å². The van der Waals surface area contributed by atoms with Gasteiger partial charge in [-0.05, 0) is 68.1 Å². The van der Waals surface area contributed by atoms with Gasteiger partial charge in [-0.1, -0.05) is 0 Å². The predicted molar refractivity (Wildman–Crippen MR) is 97.2 cm³/mol. The molecule has 3 aliphatic carbocycles. The Hall–Kier alpha value is -2.15. The minimum absolute atomic E-state index is 0.0964. The zero-order valence-electron chi connectivity index (χ0n) is 14.9. The fourth-order valence-corrected chi connectivity index (χ4v) is 4.01. The van der Waals surface area contributed by atoms with Gasteiger partial charge in [0.05, 0.1) is 6.54 Å². The Bertz CT molecular complexity index is 698. The number of amides is 2. The highest BCUT2D eigenvalue weighted by Gasteiger charge is 2.37. The van der Waals surface area contributed by atoms with Crippen LogP contribution >= 0.6 is 0 Å². The zero-order valence-corrected chi connectivity index (χ0v) is 14.9. The maximum absolute atomic E-state index is 12.2. The number of anilines is 1. The zero-order chi connectivity index (χ0) is 18.1. The molecule has 2 fully saturated rings. The SMILES string of the molecule is O=C(O)CN(CC1CC1)C1CC(NC(=O)Nc2cc3c(cn2)CCC3)C1. The van der Waals surface area contributed by atoms with Crippen molar-refractivity contribution in [1.29, 1.82) is 0 Å². The average molecular weight is 358 g/mol. The molecule has 3 aliphatic rings. The Morgan fingerprint density at radius 3 is 2.73 bits per heavy atom. The van der Waals surface area contributed by atoms with Gasteiger partial charge in [0.2, 0.25) is 0 Å². The second-order valence-corrected chi connectivity index (χ2v) is 7.88. The molecular formula is C19H26N4O3. The van der Waals surface area contributed by atoms with E-state index in [1.165, 1.54) is 24.0 Å². The molecule has 1 heterocycles. The molecule has 26 heavy (non-hydrogen) atoms. The van der Waals surface area contributed by atoms with Crippen molar-refractivity contribution in [2.75, 3.05) is 18.4 Å².